The minimum absolute atomic E-state index is 0.0638. The number of halogens is 1. The molecule has 1 aliphatic carbocycles. The van der Waals surface area contributed by atoms with Crippen molar-refractivity contribution in [1.29, 1.82) is 0 Å². The van der Waals surface area contributed by atoms with Crippen LogP contribution in [0.1, 0.15) is 28.8 Å². The first-order chi connectivity index (χ1) is 8.70. The lowest BCUT2D eigenvalue weighted by molar-refractivity contribution is 0.0948. The van der Waals surface area contributed by atoms with E-state index >= 15 is 0 Å². The molecule has 0 heterocycles. The van der Waals surface area contributed by atoms with Gasteiger partial charge in [0.2, 0.25) is 0 Å². The summed E-state index contributed by atoms with van der Waals surface area (Å²) in [4.78, 5) is 11.7. The van der Waals surface area contributed by atoms with E-state index in [1.807, 2.05) is 0 Å². The number of rotatable bonds is 3. The minimum atomic E-state index is -0.549. The summed E-state index contributed by atoms with van der Waals surface area (Å²) < 4.78 is 13.7. The summed E-state index contributed by atoms with van der Waals surface area (Å²) in [5.74, 6) is 5.03. The predicted molar refractivity (Wildman–Crippen MR) is 67.4 cm³/mol. The maximum absolute atomic E-state index is 13.7. The van der Waals surface area contributed by atoms with Gasteiger partial charge in [0.25, 0.3) is 5.91 Å². The van der Waals surface area contributed by atoms with Crippen molar-refractivity contribution in [2.75, 3.05) is 13.1 Å². The summed E-state index contributed by atoms with van der Waals surface area (Å²) in [5, 5.41) is 2.73. The molecule has 0 aliphatic heterocycles. The smallest absolute Gasteiger partial charge is 0.254 e. The Labute approximate surface area is 106 Å². The number of carbonyl (C=O) groups is 1. The average Bonchev–Trinajstić information content (AvgIpc) is 3.17. The molecule has 0 radical (unpaired) electrons. The van der Waals surface area contributed by atoms with Gasteiger partial charge >= 0.3 is 0 Å². The maximum Gasteiger partial charge on any atom is 0.254 e. The second-order valence-electron chi connectivity index (χ2n) is 4.35. The molecule has 1 aromatic rings. The third kappa shape index (κ3) is 3.31. The molecule has 18 heavy (non-hydrogen) atoms. The molecule has 4 heteroatoms. The fourth-order valence-electron chi connectivity index (χ4n) is 1.58. The van der Waals surface area contributed by atoms with Gasteiger partial charge in [-0.15, -0.1) is 0 Å². The predicted octanol–water partition coefficient (Wildman–Crippen LogP) is 1.28. The van der Waals surface area contributed by atoms with Gasteiger partial charge in [-0.05, 0) is 37.0 Å². The molecule has 3 nitrogen and oxygen atoms in total. The van der Waals surface area contributed by atoms with Gasteiger partial charge in [-0.3, -0.25) is 4.79 Å². The number of nitrogens with two attached hydrogens (primary N) is 1. The van der Waals surface area contributed by atoms with Crippen LogP contribution in [-0.2, 0) is 0 Å². The van der Waals surface area contributed by atoms with Gasteiger partial charge in [0.15, 0.2) is 0 Å². The van der Waals surface area contributed by atoms with E-state index in [4.69, 9.17) is 5.73 Å². The summed E-state index contributed by atoms with van der Waals surface area (Å²) in [6.07, 6.45) is 2.30. The van der Waals surface area contributed by atoms with Crippen molar-refractivity contribution in [3.63, 3.8) is 0 Å². The van der Waals surface area contributed by atoms with Gasteiger partial charge in [-0.2, -0.15) is 0 Å². The summed E-state index contributed by atoms with van der Waals surface area (Å²) in [6.45, 7) is 0.859. The van der Waals surface area contributed by atoms with Crippen molar-refractivity contribution in [1.82, 2.24) is 5.32 Å². The molecule has 1 aliphatic rings. The van der Waals surface area contributed by atoms with E-state index in [1.54, 1.807) is 6.07 Å². The van der Waals surface area contributed by atoms with Crippen LogP contribution in [0.4, 0.5) is 4.39 Å². The van der Waals surface area contributed by atoms with Crippen molar-refractivity contribution in [2.24, 2.45) is 11.7 Å². The Morgan fingerprint density at radius 1 is 1.50 bits per heavy atom. The van der Waals surface area contributed by atoms with Crippen LogP contribution in [0, 0.1) is 23.6 Å². The lowest BCUT2D eigenvalue weighted by Crippen LogP contribution is -2.26. The van der Waals surface area contributed by atoms with Crippen LogP contribution in [0.2, 0.25) is 0 Å². The summed E-state index contributed by atoms with van der Waals surface area (Å²) in [7, 11) is 0. The van der Waals surface area contributed by atoms with Crippen molar-refractivity contribution in [3.05, 3.63) is 35.1 Å². The zero-order valence-electron chi connectivity index (χ0n) is 10.0. The fourth-order valence-corrected chi connectivity index (χ4v) is 1.58. The third-order valence-corrected chi connectivity index (χ3v) is 2.80. The molecule has 0 atom stereocenters. The van der Waals surface area contributed by atoms with Crippen LogP contribution >= 0.6 is 0 Å². The maximum atomic E-state index is 13.7. The van der Waals surface area contributed by atoms with Gasteiger partial charge in [-0.1, -0.05) is 11.8 Å². The monoisotopic (exact) mass is 246 g/mol. The first-order valence-corrected chi connectivity index (χ1v) is 5.97. The number of carbonyl (C=O) groups excluding carboxylic acids is 1. The van der Waals surface area contributed by atoms with Crippen LogP contribution in [0.15, 0.2) is 18.2 Å². The Balaban J connectivity index is 2.05. The largest absolute Gasteiger partial charge is 0.352 e. The highest BCUT2D eigenvalue weighted by molar-refractivity contribution is 5.94. The highest BCUT2D eigenvalue weighted by Gasteiger charge is 2.22. The van der Waals surface area contributed by atoms with Crippen molar-refractivity contribution < 1.29 is 9.18 Å². The third-order valence-electron chi connectivity index (χ3n) is 2.80. The molecule has 1 fully saturated rings. The van der Waals surface area contributed by atoms with Crippen molar-refractivity contribution in [3.8, 4) is 11.8 Å². The van der Waals surface area contributed by atoms with Crippen LogP contribution < -0.4 is 11.1 Å². The number of nitrogens with one attached hydrogen (secondary N) is 1. The molecular weight excluding hydrogens is 231 g/mol. The van der Waals surface area contributed by atoms with Crippen LogP contribution in [-0.4, -0.2) is 19.0 Å². The van der Waals surface area contributed by atoms with E-state index in [-0.39, 0.29) is 18.0 Å². The number of benzene rings is 1. The van der Waals surface area contributed by atoms with Gasteiger partial charge in [0.1, 0.15) is 5.82 Å². The van der Waals surface area contributed by atoms with Crippen LogP contribution in [0.5, 0.6) is 0 Å². The molecule has 0 unspecified atom stereocenters. The Hall–Kier alpha value is -1.86. The highest BCUT2D eigenvalue weighted by atomic mass is 19.1. The van der Waals surface area contributed by atoms with E-state index in [0.717, 1.165) is 12.8 Å². The van der Waals surface area contributed by atoms with Gasteiger partial charge in [0.05, 0.1) is 12.1 Å². The summed E-state index contributed by atoms with van der Waals surface area (Å²) in [6, 6.07) is 4.34. The van der Waals surface area contributed by atoms with E-state index < -0.39 is 5.82 Å². The first kappa shape index (κ1) is 12.6. The van der Waals surface area contributed by atoms with E-state index in [0.29, 0.717) is 18.0 Å². The Kier molecular flexibility index (Phi) is 3.96. The molecule has 2 rings (SSSR count). The van der Waals surface area contributed by atoms with Crippen molar-refractivity contribution in [2.45, 2.75) is 12.8 Å². The zero-order valence-corrected chi connectivity index (χ0v) is 10.0. The molecule has 0 bridgehead atoms. The van der Waals surface area contributed by atoms with Gasteiger partial charge in [0, 0.05) is 12.1 Å². The van der Waals surface area contributed by atoms with E-state index in [2.05, 4.69) is 17.2 Å². The molecule has 0 aromatic heterocycles. The van der Waals surface area contributed by atoms with E-state index in [1.165, 1.54) is 12.1 Å². The standard InChI is InChI=1S/C14H15FN2O/c15-13-8-10(2-1-7-16)5-6-12(13)14(18)17-9-11-3-4-11/h5-6,8,11H,3-4,7,9,16H2,(H,17,18). The van der Waals surface area contributed by atoms with Gasteiger partial charge in [-0.25, -0.2) is 4.39 Å². The Morgan fingerprint density at radius 2 is 2.28 bits per heavy atom. The lowest BCUT2D eigenvalue weighted by Gasteiger charge is -2.05. The molecule has 3 N–H and O–H groups in total. The topological polar surface area (TPSA) is 55.1 Å². The molecule has 0 spiro atoms. The quantitative estimate of drug-likeness (QED) is 0.789. The van der Waals surface area contributed by atoms with Crippen molar-refractivity contribution >= 4 is 5.91 Å². The second-order valence-corrected chi connectivity index (χ2v) is 4.35. The first-order valence-electron chi connectivity index (χ1n) is 5.97. The molecule has 1 amide bonds. The molecule has 94 valence electrons. The zero-order chi connectivity index (χ0) is 13.0. The second kappa shape index (κ2) is 5.65. The highest BCUT2D eigenvalue weighted by Crippen LogP contribution is 2.27. The fraction of sp³-hybridized carbons (Fsp3) is 0.357. The number of hydrogen-bond acceptors (Lipinski definition) is 2. The number of amides is 1. The van der Waals surface area contributed by atoms with E-state index in [9.17, 15) is 9.18 Å². The molecule has 0 saturated heterocycles. The SMILES string of the molecule is NCC#Cc1ccc(C(=O)NCC2CC2)c(F)c1. The number of hydrogen-bond donors (Lipinski definition) is 2. The average molecular weight is 246 g/mol. The molecule has 1 aromatic carbocycles. The Bertz CT molecular complexity index is 512. The normalized spacial score (nSPS) is 13.7. The Morgan fingerprint density at radius 3 is 2.89 bits per heavy atom. The summed E-state index contributed by atoms with van der Waals surface area (Å²) >= 11 is 0. The van der Waals surface area contributed by atoms with Gasteiger partial charge < -0.3 is 11.1 Å². The lowest BCUT2D eigenvalue weighted by atomic mass is 10.1. The van der Waals surface area contributed by atoms with Crippen LogP contribution in [0.25, 0.3) is 0 Å². The molecule has 1 saturated carbocycles. The molecular formula is C14H15FN2O. The van der Waals surface area contributed by atoms with Crippen LogP contribution in [0.3, 0.4) is 0 Å². The summed E-state index contributed by atoms with van der Waals surface area (Å²) in [5.41, 5.74) is 5.82. The minimum Gasteiger partial charge on any atom is -0.352 e.